The van der Waals surface area contributed by atoms with Gasteiger partial charge in [0, 0.05) is 50.7 Å². The van der Waals surface area contributed by atoms with Gasteiger partial charge in [0.05, 0.1) is 0 Å². The van der Waals surface area contributed by atoms with Crippen LogP contribution in [0, 0.1) is 0 Å². The van der Waals surface area contributed by atoms with Crippen molar-refractivity contribution in [3.63, 3.8) is 0 Å². The Hall–Kier alpha value is -1.39. The number of nitrogens with zero attached hydrogens (tertiary/aromatic N) is 3. The Morgan fingerprint density at radius 3 is 2.89 bits per heavy atom. The van der Waals surface area contributed by atoms with Gasteiger partial charge in [0.1, 0.15) is 5.15 Å². The van der Waals surface area contributed by atoms with Crippen molar-refractivity contribution in [3.05, 3.63) is 50.9 Å². The molecule has 1 aliphatic rings. The summed E-state index contributed by atoms with van der Waals surface area (Å²) in [6.45, 7) is 2.84. The standard InChI is InChI=1S/C19H24ClN5OS.HI/c1-21-19(22-8-4-14-2-3-17(20)24-12-14)23-9-5-18(26)25-10-6-16-15(13-25)7-11-27-16;/h2-3,7,11-12H,4-6,8-10,13H2,1H3,(H2,21,22,23);1H. The molecule has 0 bridgehead atoms. The number of aromatic nitrogens is 1. The summed E-state index contributed by atoms with van der Waals surface area (Å²) in [7, 11) is 1.73. The lowest BCUT2D eigenvalue weighted by molar-refractivity contribution is -0.131. The zero-order valence-electron chi connectivity index (χ0n) is 15.8. The summed E-state index contributed by atoms with van der Waals surface area (Å²) >= 11 is 7.58. The number of aliphatic imine (C=N–C) groups is 1. The number of fused-ring (bicyclic) bond motifs is 1. The van der Waals surface area contributed by atoms with E-state index in [1.54, 1.807) is 30.6 Å². The lowest BCUT2D eigenvalue weighted by atomic mass is 10.1. The van der Waals surface area contributed by atoms with Crippen LogP contribution in [0.15, 0.2) is 34.8 Å². The molecule has 0 atom stereocenters. The number of pyridine rings is 1. The molecule has 152 valence electrons. The molecule has 2 N–H and O–H groups in total. The highest BCUT2D eigenvalue weighted by atomic mass is 127. The average molecular weight is 534 g/mol. The fraction of sp³-hybridized carbons (Fsp3) is 0.421. The number of thiophene rings is 1. The molecule has 0 saturated heterocycles. The molecular formula is C19H25ClIN5OS. The quantitative estimate of drug-likeness (QED) is 0.259. The summed E-state index contributed by atoms with van der Waals surface area (Å²) in [4.78, 5) is 24.1. The van der Waals surface area contributed by atoms with Crippen LogP contribution in [-0.2, 0) is 24.2 Å². The van der Waals surface area contributed by atoms with Crippen LogP contribution in [0.2, 0.25) is 5.15 Å². The number of hydrogen-bond acceptors (Lipinski definition) is 4. The van der Waals surface area contributed by atoms with Crippen molar-refractivity contribution < 1.29 is 4.79 Å². The number of hydrogen-bond donors (Lipinski definition) is 2. The molecule has 0 fully saturated rings. The second-order valence-electron chi connectivity index (χ2n) is 6.35. The van der Waals surface area contributed by atoms with E-state index in [-0.39, 0.29) is 29.9 Å². The van der Waals surface area contributed by atoms with Crippen molar-refractivity contribution in [2.45, 2.75) is 25.8 Å². The van der Waals surface area contributed by atoms with Crippen LogP contribution in [0.5, 0.6) is 0 Å². The van der Waals surface area contributed by atoms with Crippen LogP contribution < -0.4 is 10.6 Å². The number of carbonyl (C=O) groups excluding carboxylic acids is 1. The molecule has 0 unspecified atom stereocenters. The van der Waals surface area contributed by atoms with Crippen molar-refractivity contribution in [1.29, 1.82) is 0 Å². The highest BCUT2D eigenvalue weighted by molar-refractivity contribution is 14.0. The van der Waals surface area contributed by atoms with Gasteiger partial charge < -0.3 is 15.5 Å². The smallest absolute Gasteiger partial charge is 0.224 e. The molecule has 0 spiro atoms. The van der Waals surface area contributed by atoms with Crippen LogP contribution >= 0.6 is 46.9 Å². The molecule has 6 nitrogen and oxygen atoms in total. The first-order valence-corrected chi connectivity index (χ1v) is 10.3. The predicted octanol–water partition coefficient (Wildman–Crippen LogP) is 3.10. The van der Waals surface area contributed by atoms with Gasteiger partial charge in [-0.1, -0.05) is 17.7 Å². The third-order valence-corrected chi connectivity index (χ3v) is 5.76. The van der Waals surface area contributed by atoms with Gasteiger partial charge in [-0.05, 0) is 41.5 Å². The highest BCUT2D eigenvalue weighted by Gasteiger charge is 2.20. The van der Waals surface area contributed by atoms with Crippen molar-refractivity contribution in [2.75, 3.05) is 26.7 Å². The maximum absolute atomic E-state index is 12.4. The molecule has 3 rings (SSSR count). The summed E-state index contributed by atoms with van der Waals surface area (Å²) in [6.07, 6.45) is 4.02. The molecule has 9 heteroatoms. The lowest BCUT2D eigenvalue weighted by Crippen LogP contribution is -2.41. The second kappa shape index (κ2) is 11.6. The minimum absolute atomic E-state index is 0. The van der Waals surface area contributed by atoms with Gasteiger partial charge >= 0.3 is 0 Å². The van der Waals surface area contributed by atoms with E-state index in [4.69, 9.17) is 11.6 Å². The second-order valence-corrected chi connectivity index (χ2v) is 7.74. The third kappa shape index (κ3) is 6.59. The first-order valence-electron chi connectivity index (χ1n) is 9.03. The molecule has 0 aromatic carbocycles. The van der Waals surface area contributed by atoms with Gasteiger partial charge in [0.2, 0.25) is 5.91 Å². The molecule has 0 aliphatic carbocycles. The summed E-state index contributed by atoms with van der Waals surface area (Å²) in [5, 5.41) is 9.06. The zero-order chi connectivity index (χ0) is 19.1. The Morgan fingerprint density at radius 2 is 2.14 bits per heavy atom. The van der Waals surface area contributed by atoms with Crippen LogP contribution in [0.1, 0.15) is 22.4 Å². The van der Waals surface area contributed by atoms with Gasteiger partial charge in [0.15, 0.2) is 5.96 Å². The third-order valence-electron chi connectivity index (χ3n) is 4.51. The van der Waals surface area contributed by atoms with E-state index in [0.29, 0.717) is 24.1 Å². The predicted molar refractivity (Wildman–Crippen MR) is 126 cm³/mol. The summed E-state index contributed by atoms with van der Waals surface area (Å²) < 4.78 is 0. The van der Waals surface area contributed by atoms with E-state index in [2.05, 4.69) is 32.1 Å². The SMILES string of the molecule is CN=C(NCCC(=O)N1CCc2sccc2C1)NCCc1ccc(Cl)nc1.I. The Kier molecular flexibility index (Phi) is 9.46. The van der Waals surface area contributed by atoms with E-state index in [1.165, 1.54) is 10.4 Å². The van der Waals surface area contributed by atoms with E-state index in [9.17, 15) is 4.79 Å². The molecule has 1 aliphatic heterocycles. The summed E-state index contributed by atoms with van der Waals surface area (Å²) in [5.74, 6) is 0.880. The largest absolute Gasteiger partial charge is 0.356 e. The molecule has 2 aromatic rings. The molecule has 28 heavy (non-hydrogen) atoms. The maximum atomic E-state index is 12.4. The normalized spacial score (nSPS) is 13.5. The minimum Gasteiger partial charge on any atom is -0.356 e. The van der Waals surface area contributed by atoms with Gasteiger partial charge in [0.25, 0.3) is 0 Å². The molecule has 0 saturated carbocycles. The van der Waals surface area contributed by atoms with Crippen molar-refractivity contribution in [2.24, 2.45) is 4.99 Å². The Bertz CT molecular complexity index is 796. The highest BCUT2D eigenvalue weighted by Crippen LogP contribution is 2.24. The van der Waals surface area contributed by atoms with Gasteiger partial charge in [-0.25, -0.2) is 4.98 Å². The first kappa shape index (κ1) is 22.9. The maximum Gasteiger partial charge on any atom is 0.224 e. The number of carbonyl (C=O) groups is 1. The summed E-state index contributed by atoms with van der Waals surface area (Å²) in [5.41, 5.74) is 2.40. The monoisotopic (exact) mass is 533 g/mol. The lowest BCUT2D eigenvalue weighted by Gasteiger charge is -2.27. The number of guanidine groups is 1. The van der Waals surface area contributed by atoms with E-state index in [0.717, 1.165) is 38.0 Å². The Labute approximate surface area is 191 Å². The zero-order valence-corrected chi connectivity index (χ0v) is 19.7. The van der Waals surface area contributed by atoms with Gasteiger partial charge in [-0.15, -0.1) is 35.3 Å². The van der Waals surface area contributed by atoms with Crippen molar-refractivity contribution >= 4 is 58.8 Å². The van der Waals surface area contributed by atoms with E-state index < -0.39 is 0 Å². The number of halogens is 2. The van der Waals surface area contributed by atoms with Crippen LogP contribution in [0.25, 0.3) is 0 Å². The Balaban J connectivity index is 0.00000280. The molecular weight excluding hydrogens is 509 g/mol. The van der Waals surface area contributed by atoms with E-state index >= 15 is 0 Å². The van der Waals surface area contributed by atoms with Crippen molar-refractivity contribution in [1.82, 2.24) is 20.5 Å². The van der Waals surface area contributed by atoms with Gasteiger partial charge in [-0.3, -0.25) is 9.79 Å². The molecule has 3 heterocycles. The van der Waals surface area contributed by atoms with Gasteiger partial charge in [-0.2, -0.15) is 0 Å². The fourth-order valence-electron chi connectivity index (χ4n) is 3.01. The van der Waals surface area contributed by atoms with E-state index in [1.807, 2.05) is 11.0 Å². The number of nitrogens with one attached hydrogen (secondary N) is 2. The molecule has 2 aromatic heterocycles. The summed E-state index contributed by atoms with van der Waals surface area (Å²) in [6, 6.07) is 5.87. The average Bonchev–Trinajstić information content (AvgIpc) is 3.16. The minimum atomic E-state index is 0. The molecule has 0 radical (unpaired) electrons. The molecule has 1 amide bonds. The first-order chi connectivity index (χ1) is 13.2. The van der Waals surface area contributed by atoms with Crippen molar-refractivity contribution in [3.8, 4) is 0 Å². The fourth-order valence-corrected chi connectivity index (χ4v) is 4.01. The van der Waals surface area contributed by atoms with Crippen LogP contribution in [0.3, 0.4) is 0 Å². The number of amides is 1. The Morgan fingerprint density at radius 1 is 1.32 bits per heavy atom. The number of rotatable bonds is 6. The topological polar surface area (TPSA) is 69.6 Å². The van der Waals surface area contributed by atoms with Crippen LogP contribution in [0.4, 0.5) is 0 Å². The van der Waals surface area contributed by atoms with Crippen LogP contribution in [-0.4, -0.2) is 48.4 Å².